The Morgan fingerprint density at radius 3 is 2.58 bits per heavy atom. The first-order valence-corrected chi connectivity index (χ1v) is 3.67. The van der Waals surface area contributed by atoms with Gasteiger partial charge >= 0.3 is 0 Å². The van der Waals surface area contributed by atoms with E-state index >= 15 is 0 Å². The molecule has 0 bridgehead atoms. The van der Waals surface area contributed by atoms with Crippen molar-refractivity contribution >= 4 is 5.90 Å². The average molecular weight is 167 g/mol. The minimum absolute atomic E-state index is 0.0215. The van der Waals surface area contributed by atoms with Gasteiger partial charge in [-0.3, -0.25) is 5.41 Å². The highest BCUT2D eigenvalue weighted by Gasteiger charge is 1.99. The SMILES string of the molecule is N=C(OCCF)c1ccccc1. The van der Waals surface area contributed by atoms with Crippen LogP contribution in [0.5, 0.6) is 0 Å². The van der Waals surface area contributed by atoms with Crippen LogP contribution in [-0.2, 0) is 4.74 Å². The number of hydrogen-bond acceptors (Lipinski definition) is 2. The zero-order chi connectivity index (χ0) is 8.81. The Hall–Kier alpha value is -1.38. The van der Waals surface area contributed by atoms with E-state index in [0.717, 1.165) is 0 Å². The van der Waals surface area contributed by atoms with E-state index in [1.165, 1.54) is 0 Å². The molecule has 0 heterocycles. The van der Waals surface area contributed by atoms with E-state index in [2.05, 4.69) is 0 Å². The van der Waals surface area contributed by atoms with E-state index in [-0.39, 0.29) is 12.5 Å². The number of rotatable bonds is 3. The summed E-state index contributed by atoms with van der Waals surface area (Å²) in [6, 6.07) is 8.97. The van der Waals surface area contributed by atoms with Gasteiger partial charge in [0, 0.05) is 5.56 Å². The molecule has 0 unspecified atom stereocenters. The van der Waals surface area contributed by atoms with E-state index in [0.29, 0.717) is 5.56 Å². The zero-order valence-electron chi connectivity index (χ0n) is 6.59. The van der Waals surface area contributed by atoms with Crippen LogP contribution in [-0.4, -0.2) is 19.2 Å². The lowest BCUT2D eigenvalue weighted by Crippen LogP contribution is -2.06. The van der Waals surface area contributed by atoms with E-state index in [1.54, 1.807) is 12.1 Å². The summed E-state index contributed by atoms with van der Waals surface area (Å²) in [6.45, 7) is -0.608. The van der Waals surface area contributed by atoms with Gasteiger partial charge in [-0.2, -0.15) is 0 Å². The molecule has 0 saturated carbocycles. The Morgan fingerprint density at radius 2 is 2.00 bits per heavy atom. The van der Waals surface area contributed by atoms with Gasteiger partial charge in [-0.25, -0.2) is 4.39 Å². The van der Waals surface area contributed by atoms with Gasteiger partial charge in [-0.1, -0.05) is 18.2 Å². The molecule has 12 heavy (non-hydrogen) atoms. The van der Waals surface area contributed by atoms with Crippen molar-refractivity contribution in [2.45, 2.75) is 0 Å². The van der Waals surface area contributed by atoms with Crippen molar-refractivity contribution in [2.75, 3.05) is 13.3 Å². The van der Waals surface area contributed by atoms with Crippen LogP contribution in [0.4, 0.5) is 4.39 Å². The predicted octanol–water partition coefficient (Wildman–Crippen LogP) is 2.00. The summed E-state index contributed by atoms with van der Waals surface area (Å²) in [7, 11) is 0. The third-order valence-electron chi connectivity index (χ3n) is 1.36. The van der Waals surface area contributed by atoms with Crippen molar-refractivity contribution in [3.05, 3.63) is 35.9 Å². The quantitative estimate of drug-likeness (QED) is 0.542. The van der Waals surface area contributed by atoms with Crippen LogP contribution in [0.3, 0.4) is 0 Å². The summed E-state index contributed by atoms with van der Waals surface area (Å²) in [4.78, 5) is 0. The lowest BCUT2D eigenvalue weighted by molar-refractivity contribution is 0.261. The Morgan fingerprint density at radius 1 is 1.33 bits per heavy atom. The highest BCUT2D eigenvalue weighted by molar-refractivity contribution is 5.91. The monoisotopic (exact) mass is 167 g/mol. The van der Waals surface area contributed by atoms with Crippen LogP contribution in [0.1, 0.15) is 5.56 Å². The maximum atomic E-state index is 11.6. The molecule has 0 fully saturated rings. The summed E-state index contributed by atoms with van der Waals surface area (Å²) < 4.78 is 16.4. The summed E-state index contributed by atoms with van der Waals surface area (Å²) in [6.07, 6.45) is 0. The largest absolute Gasteiger partial charge is 0.475 e. The van der Waals surface area contributed by atoms with Crippen molar-refractivity contribution in [3.8, 4) is 0 Å². The topological polar surface area (TPSA) is 33.1 Å². The summed E-state index contributed by atoms with van der Waals surface area (Å²) in [5, 5.41) is 7.34. The second kappa shape index (κ2) is 4.49. The molecule has 1 rings (SSSR count). The molecule has 0 aliphatic rings. The van der Waals surface area contributed by atoms with Crippen LogP contribution in [0.25, 0.3) is 0 Å². The third-order valence-corrected chi connectivity index (χ3v) is 1.36. The molecule has 0 aliphatic heterocycles. The first-order valence-electron chi connectivity index (χ1n) is 3.67. The second-order valence-electron chi connectivity index (χ2n) is 2.23. The molecule has 0 atom stereocenters. The number of nitrogens with one attached hydrogen (secondary N) is 1. The number of hydrogen-bond donors (Lipinski definition) is 1. The second-order valence-corrected chi connectivity index (χ2v) is 2.23. The molecule has 1 N–H and O–H groups in total. The van der Waals surface area contributed by atoms with Gasteiger partial charge in [0.05, 0.1) is 0 Å². The molecule has 0 aromatic heterocycles. The molecule has 1 aromatic rings. The number of alkyl halides is 1. The van der Waals surface area contributed by atoms with Gasteiger partial charge in [0.1, 0.15) is 13.3 Å². The van der Waals surface area contributed by atoms with Gasteiger partial charge in [-0.05, 0) is 12.1 Å². The fraction of sp³-hybridized carbons (Fsp3) is 0.222. The van der Waals surface area contributed by atoms with Gasteiger partial charge in [0.15, 0.2) is 0 Å². The number of benzene rings is 1. The minimum Gasteiger partial charge on any atom is -0.475 e. The smallest absolute Gasteiger partial charge is 0.213 e. The molecular weight excluding hydrogens is 157 g/mol. The lowest BCUT2D eigenvalue weighted by atomic mass is 10.2. The Kier molecular flexibility index (Phi) is 3.26. The molecule has 1 aromatic carbocycles. The third kappa shape index (κ3) is 2.34. The van der Waals surface area contributed by atoms with Gasteiger partial charge in [-0.15, -0.1) is 0 Å². The fourth-order valence-electron chi connectivity index (χ4n) is 0.813. The average Bonchev–Trinajstić information content (AvgIpc) is 2.15. The predicted molar refractivity (Wildman–Crippen MR) is 45.2 cm³/mol. The Balaban J connectivity index is 2.54. The molecular formula is C9H10FNO. The minimum atomic E-state index is -0.560. The van der Waals surface area contributed by atoms with Crippen molar-refractivity contribution < 1.29 is 9.13 Å². The van der Waals surface area contributed by atoms with E-state index in [1.807, 2.05) is 18.2 Å². The maximum absolute atomic E-state index is 11.6. The molecule has 0 radical (unpaired) electrons. The number of halogens is 1. The van der Waals surface area contributed by atoms with Crippen molar-refractivity contribution in [3.63, 3.8) is 0 Å². The highest BCUT2D eigenvalue weighted by atomic mass is 19.1. The van der Waals surface area contributed by atoms with Crippen molar-refractivity contribution in [2.24, 2.45) is 0 Å². The van der Waals surface area contributed by atoms with E-state index in [9.17, 15) is 4.39 Å². The first-order chi connectivity index (χ1) is 5.84. The van der Waals surface area contributed by atoms with E-state index in [4.69, 9.17) is 10.1 Å². The molecule has 0 amide bonds. The summed E-state index contributed by atoms with van der Waals surface area (Å²) in [5.41, 5.74) is 0.672. The fourth-order valence-corrected chi connectivity index (χ4v) is 0.813. The van der Waals surface area contributed by atoms with Crippen molar-refractivity contribution in [1.82, 2.24) is 0 Å². The molecule has 2 nitrogen and oxygen atoms in total. The Bertz CT molecular complexity index is 248. The lowest BCUT2D eigenvalue weighted by Gasteiger charge is -2.03. The van der Waals surface area contributed by atoms with E-state index < -0.39 is 6.67 Å². The number of ether oxygens (including phenoxy) is 1. The summed E-state index contributed by atoms with van der Waals surface area (Å²) >= 11 is 0. The first kappa shape index (κ1) is 8.71. The maximum Gasteiger partial charge on any atom is 0.213 e. The highest BCUT2D eigenvalue weighted by Crippen LogP contribution is 2.00. The zero-order valence-corrected chi connectivity index (χ0v) is 6.59. The molecule has 0 aliphatic carbocycles. The Labute approximate surface area is 70.5 Å². The van der Waals surface area contributed by atoms with Crippen LogP contribution in [0.2, 0.25) is 0 Å². The molecule has 0 saturated heterocycles. The standard InChI is InChI=1S/C9H10FNO/c10-6-7-12-9(11)8-4-2-1-3-5-8/h1-5,11H,6-7H2. The van der Waals surface area contributed by atoms with Crippen LogP contribution < -0.4 is 0 Å². The van der Waals surface area contributed by atoms with Gasteiger partial charge < -0.3 is 4.74 Å². The molecule has 0 spiro atoms. The van der Waals surface area contributed by atoms with Gasteiger partial charge in [0.25, 0.3) is 0 Å². The van der Waals surface area contributed by atoms with Crippen LogP contribution in [0.15, 0.2) is 30.3 Å². The summed E-state index contributed by atoms with van der Waals surface area (Å²) in [5.74, 6) is 0.0215. The normalized spacial score (nSPS) is 9.42. The molecule has 3 heteroatoms. The molecule has 64 valence electrons. The van der Waals surface area contributed by atoms with Crippen LogP contribution >= 0.6 is 0 Å². The van der Waals surface area contributed by atoms with Gasteiger partial charge in [0.2, 0.25) is 5.90 Å². The van der Waals surface area contributed by atoms with Crippen molar-refractivity contribution in [1.29, 1.82) is 5.41 Å². The van der Waals surface area contributed by atoms with Crippen LogP contribution in [0, 0.1) is 5.41 Å².